The van der Waals surface area contributed by atoms with E-state index in [1.807, 2.05) is 30.3 Å². The van der Waals surface area contributed by atoms with Crippen LogP contribution in [-0.2, 0) is 21.3 Å². The molecule has 0 aliphatic heterocycles. The van der Waals surface area contributed by atoms with E-state index in [4.69, 9.17) is 21.1 Å². The minimum atomic E-state index is -4.11. The molecule has 6 nitrogen and oxygen atoms in total. The van der Waals surface area contributed by atoms with Gasteiger partial charge in [-0.1, -0.05) is 41.9 Å². The van der Waals surface area contributed by atoms with Crippen molar-refractivity contribution in [1.29, 1.82) is 0 Å². The van der Waals surface area contributed by atoms with E-state index in [9.17, 15) is 13.2 Å². The number of halogens is 1. The van der Waals surface area contributed by atoms with Crippen molar-refractivity contribution in [3.8, 4) is 5.75 Å². The number of hydrogen-bond acceptors (Lipinski definition) is 5. The van der Waals surface area contributed by atoms with Crippen LogP contribution < -0.4 is 9.04 Å². The molecule has 0 unspecified atom stereocenters. The highest BCUT2D eigenvalue weighted by Gasteiger charge is 2.28. The molecular weight excluding hydrogens is 426 g/mol. The summed E-state index contributed by atoms with van der Waals surface area (Å²) >= 11 is 6.23. The second-order valence-electron chi connectivity index (χ2n) is 6.33. The lowest BCUT2D eigenvalue weighted by Gasteiger charge is -2.25. The topological polar surface area (TPSA) is 72.9 Å². The number of ether oxygens (including phenoxy) is 2. The molecule has 3 aromatic carbocycles. The Bertz CT molecular complexity index is 1130. The summed E-state index contributed by atoms with van der Waals surface area (Å²) in [5, 5.41) is 0.00854. The highest BCUT2D eigenvalue weighted by Crippen LogP contribution is 2.32. The van der Waals surface area contributed by atoms with Crippen molar-refractivity contribution < 1.29 is 22.7 Å². The molecule has 0 aliphatic carbocycles. The number of benzene rings is 3. The molecule has 0 aromatic heterocycles. The van der Waals surface area contributed by atoms with Gasteiger partial charge in [-0.05, 0) is 48.0 Å². The smallest absolute Gasteiger partial charge is 0.337 e. The zero-order valence-electron chi connectivity index (χ0n) is 16.4. The van der Waals surface area contributed by atoms with E-state index in [2.05, 4.69) is 0 Å². The molecule has 8 heteroatoms. The van der Waals surface area contributed by atoms with E-state index in [0.717, 1.165) is 5.56 Å². The fourth-order valence-electron chi connectivity index (χ4n) is 2.88. The molecule has 0 saturated heterocycles. The predicted molar refractivity (Wildman–Crippen MR) is 116 cm³/mol. The van der Waals surface area contributed by atoms with E-state index >= 15 is 0 Å². The van der Waals surface area contributed by atoms with Crippen LogP contribution >= 0.6 is 11.6 Å². The summed E-state index contributed by atoms with van der Waals surface area (Å²) in [5.41, 5.74) is 1.31. The van der Waals surface area contributed by atoms with Gasteiger partial charge in [0.15, 0.2) is 0 Å². The maximum atomic E-state index is 13.6. The molecule has 30 heavy (non-hydrogen) atoms. The molecule has 0 radical (unpaired) electrons. The van der Waals surface area contributed by atoms with Gasteiger partial charge in [-0.3, -0.25) is 4.31 Å². The first-order valence-corrected chi connectivity index (χ1v) is 10.8. The Hall–Kier alpha value is -3.03. The molecule has 0 saturated carbocycles. The van der Waals surface area contributed by atoms with E-state index in [1.165, 1.54) is 36.7 Å². The lowest BCUT2D eigenvalue weighted by atomic mass is 10.2. The van der Waals surface area contributed by atoms with Crippen LogP contribution in [-0.4, -0.2) is 28.6 Å². The fraction of sp³-hybridized carbons (Fsp3) is 0.136. The van der Waals surface area contributed by atoms with Gasteiger partial charge in [-0.25, -0.2) is 13.2 Å². The molecule has 0 heterocycles. The van der Waals surface area contributed by atoms with Crippen LogP contribution in [0.3, 0.4) is 0 Å². The molecule has 0 fully saturated rings. The Morgan fingerprint density at radius 1 is 0.967 bits per heavy atom. The van der Waals surface area contributed by atoms with E-state index < -0.39 is 16.0 Å². The quantitative estimate of drug-likeness (QED) is 0.499. The van der Waals surface area contributed by atoms with Crippen molar-refractivity contribution in [3.05, 3.63) is 88.9 Å². The van der Waals surface area contributed by atoms with E-state index in [0.29, 0.717) is 11.4 Å². The second kappa shape index (κ2) is 9.19. The zero-order valence-corrected chi connectivity index (χ0v) is 18.0. The fourth-order valence-corrected chi connectivity index (χ4v) is 4.83. The Kier molecular flexibility index (Phi) is 6.64. The number of esters is 1. The third-order valence-electron chi connectivity index (χ3n) is 4.45. The molecule has 0 N–H and O–H groups in total. The third-order valence-corrected chi connectivity index (χ3v) is 6.71. The number of methoxy groups -OCH3 is 2. The SMILES string of the molecule is COC(=O)c1ccc(Cl)c(S(=O)(=O)N(Cc2ccccc2)c2ccc(OC)cc2)c1. The summed E-state index contributed by atoms with van der Waals surface area (Å²) < 4.78 is 38.4. The van der Waals surface area contributed by atoms with Crippen molar-refractivity contribution in [2.75, 3.05) is 18.5 Å². The summed E-state index contributed by atoms with van der Waals surface area (Å²) in [5.74, 6) is -0.0521. The summed E-state index contributed by atoms with van der Waals surface area (Å²) in [6.07, 6.45) is 0. The molecule has 0 aliphatic rings. The molecule has 0 amide bonds. The predicted octanol–water partition coefficient (Wildman–Crippen LogP) is 4.53. The number of anilines is 1. The zero-order chi connectivity index (χ0) is 21.7. The summed E-state index contributed by atoms with van der Waals surface area (Å²) in [7, 11) is -1.35. The largest absolute Gasteiger partial charge is 0.497 e. The van der Waals surface area contributed by atoms with Crippen LogP contribution in [0.1, 0.15) is 15.9 Å². The van der Waals surface area contributed by atoms with Gasteiger partial charge in [0.25, 0.3) is 10.0 Å². The molecule has 3 rings (SSSR count). The number of nitrogens with zero attached hydrogens (tertiary/aromatic N) is 1. The van der Waals surface area contributed by atoms with E-state index in [-0.39, 0.29) is 22.0 Å². The number of carbonyl (C=O) groups is 1. The van der Waals surface area contributed by atoms with Crippen LogP contribution in [0.5, 0.6) is 5.75 Å². The highest BCUT2D eigenvalue weighted by molar-refractivity contribution is 7.93. The van der Waals surface area contributed by atoms with Crippen molar-refractivity contribution in [2.24, 2.45) is 0 Å². The van der Waals surface area contributed by atoms with Gasteiger partial charge < -0.3 is 9.47 Å². The minimum Gasteiger partial charge on any atom is -0.497 e. The lowest BCUT2D eigenvalue weighted by molar-refractivity contribution is 0.0600. The van der Waals surface area contributed by atoms with Crippen LogP contribution in [0.15, 0.2) is 77.7 Å². The maximum absolute atomic E-state index is 13.6. The standard InChI is InChI=1S/C22H20ClNO5S/c1-28-19-11-9-18(10-12-19)24(15-16-6-4-3-5-7-16)30(26,27)21-14-17(22(25)29-2)8-13-20(21)23/h3-14H,15H2,1-2H3. The van der Waals surface area contributed by atoms with Gasteiger partial charge in [-0.2, -0.15) is 0 Å². The number of rotatable bonds is 7. The molecule has 0 atom stereocenters. The third kappa shape index (κ3) is 4.58. The molecule has 0 bridgehead atoms. The van der Waals surface area contributed by atoms with Gasteiger partial charge in [0.1, 0.15) is 10.6 Å². The number of sulfonamides is 1. The maximum Gasteiger partial charge on any atom is 0.337 e. The van der Waals surface area contributed by atoms with Crippen LogP contribution in [0.2, 0.25) is 5.02 Å². The van der Waals surface area contributed by atoms with Gasteiger partial charge in [0.2, 0.25) is 0 Å². The molecule has 3 aromatic rings. The van der Waals surface area contributed by atoms with Crippen LogP contribution in [0.4, 0.5) is 5.69 Å². The Morgan fingerprint density at radius 2 is 1.63 bits per heavy atom. The van der Waals surface area contributed by atoms with Crippen molar-refractivity contribution in [3.63, 3.8) is 0 Å². The summed E-state index contributed by atoms with van der Waals surface area (Å²) in [6.45, 7) is 0.0777. The normalized spacial score (nSPS) is 11.0. The molecule has 156 valence electrons. The highest BCUT2D eigenvalue weighted by atomic mass is 35.5. The second-order valence-corrected chi connectivity index (χ2v) is 8.57. The van der Waals surface area contributed by atoms with Crippen LogP contribution in [0.25, 0.3) is 0 Å². The Balaban J connectivity index is 2.12. The van der Waals surface area contributed by atoms with Crippen molar-refractivity contribution >= 4 is 33.3 Å². The summed E-state index contributed by atoms with van der Waals surface area (Å²) in [4.78, 5) is 11.7. The lowest BCUT2D eigenvalue weighted by Crippen LogP contribution is -2.31. The monoisotopic (exact) mass is 445 g/mol. The average molecular weight is 446 g/mol. The van der Waals surface area contributed by atoms with Crippen LogP contribution in [0, 0.1) is 0 Å². The Morgan fingerprint density at radius 3 is 2.23 bits per heavy atom. The van der Waals surface area contributed by atoms with Gasteiger partial charge in [0, 0.05) is 0 Å². The first-order valence-electron chi connectivity index (χ1n) is 8.95. The summed E-state index contributed by atoms with van der Waals surface area (Å²) in [6, 6.07) is 19.9. The number of hydrogen-bond donors (Lipinski definition) is 0. The van der Waals surface area contributed by atoms with Gasteiger partial charge in [0.05, 0.1) is 37.0 Å². The first kappa shape index (κ1) is 21.7. The number of carbonyl (C=O) groups excluding carboxylic acids is 1. The molecule has 0 spiro atoms. The van der Waals surface area contributed by atoms with Gasteiger partial charge >= 0.3 is 5.97 Å². The minimum absolute atomic E-state index is 0.00854. The van der Waals surface area contributed by atoms with Crippen molar-refractivity contribution in [1.82, 2.24) is 0 Å². The first-order chi connectivity index (χ1) is 14.4. The Labute approximate surface area is 180 Å². The van der Waals surface area contributed by atoms with Crippen molar-refractivity contribution in [2.45, 2.75) is 11.4 Å². The van der Waals surface area contributed by atoms with Gasteiger partial charge in [-0.15, -0.1) is 0 Å². The molecular formula is C22H20ClNO5S. The average Bonchev–Trinajstić information content (AvgIpc) is 2.78. The van der Waals surface area contributed by atoms with E-state index in [1.54, 1.807) is 24.3 Å².